The fraction of sp³-hybridized carbons (Fsp3) is 0.846. The van der Waals surface area contributed by atoms with Crippen LogP contribution in [0.5, 0.6) is 0 Å². The van der Waals surface area contributed by atoms with Gasteiger partial charge in [-0.2, -0.15) is 0 Å². The van der Waals surface area contributed by atoms with Crippen LogP contribution in [0.3, 0.4) is 0 Å². The van der Waals surface area contributed by atoms with Crippen molar-refractivity contribution in [3.63, 3.8) is 0 Å². The summed E-state index contributed by atoms with van der Waals surface area (Å²) < 4.78 is 5.12. The molecule has 0 unspecified atom stereocenters. The first-order valence-corrected chi connectivity index (χ1v) is 6.23. The van der Waals surface area contributed by atoms with Crippen LogP contribution in [0.2, 0.25) is 0 Å². The number of amides is 1. The van der Waals surface area contributed by atoms with Crippen molar-refractivity contribution in [1.29, 1.82) is 0 Å². The molecular formula is C13H25NO3. The van der Waals surface area contributed by atoms with E-state index in [-0.39, 0.29) is 11.7 Å². The molecule has 4 nitrogen and oxygen atoms in total. The first-order valence-electron chi connectivity index (χ1n) is 6.23. The molecule has 0 aliphatic heterocycles. The molecule has 1 amide bonds. The van der Waals surface area contributed by atoms with Gasteiger partial charge in [0.25, 0.3) is 0 Å². The second-order valence-corrected chi connectivity index (χ2v) is 5.42. The third-order valence-corrected chi connectivity index (χ3v) is 2.30. The average molecular weight is 243 g/mol. The van der Waals surface area contributed by atoms with Crippen LogP contribution in [0.1, 0.15) is 53.9 Å². The standard InChI is InChI=1S/C13H25NO3/c1-6-11(15)8-7-10(2)9-14-12(16)17-13(3,4)5/h10H,6-9H2,1-5H3,(H,14,16)/t10-/m0/s1. The highest BCUT2D eigenvalue weighted by molar-refractivity contribution is 5.77. The SMILES string of the molecule is CCC(=O)CC[C@H](C)CNC(=O)OC(C)(C)C. The van der Waals surface area contributed by atoms with Crippen LogP contribution in [0.4, 0.5) is 4.79 Å². The lowest BCUT2D eigenvalue weighted by Crippen LogP contribution is -2.34. The molecule has 0 rings (SSSR count). The zero-order chi connectivity index (χ0) is 13.5. The van der Waals surface area contributed by atoms with Gasteiger partial charge in [0, 0.05) is 19.4 Å². The van der Waals surface area contributed by atoms with E-state index >= 15 is 0 Å². The van der Waals surface area contributed by atoms with Gasteiger partial charge in [0.15, 0.2) is 0 Å². The Morgan fingerprint density at radius 2 is 1.88 bits per heavy atom. The molecule has 0 aromatic rings. The number of ketones is 1. The van der Waals surface area contributed by atoms with Gasteiger partial charge in [-0.1, -0.05) is 13.8 Å². The van der Waals surface area contributed by atoms with Gasteiger partial charge in [0.05, 0.1) is 0 Å². The Kier molecular flexibility index (Phi) is 6.85. The van der Waals surface area contributed by atoms with Gasteiger partial charge in [0.2, 0.25) is 0 Å². The van der Waals surface area contributed by atoms with Gasteiger partial charge in [-0.3, -0.25) is 4.79 Å². The summed E-state index contributed by atoms with van der Waals surface area (Å²) in [6.45, 7) is 9.92. The summed E-state index contributed by atoms with van der Waals surface area (Å²) in [6, 6.07) is 0. The van der Waals surface area contributed by atoms with Gasteiger partial charge in [-0.05, 0) is 33.1 Å². The molecule has 0 aromatic heterocycles. The summed E-state index contributed by atoms with van der Waals surface area (Å²) in [5.74, 6) is 0.562. The number of nitrogens with one attached hydrogen (secondary N) is 1. The lowest BCUT2D eigenvalue weighted by molar-refractivity contribution is -0.119. The van der Waals surface area contributed by atoms with Crippen LogP contribution < -0.4 is 5.32 Å². The highest BCUT2D eigenvalue weighted by atomic mass is 16.6. The summed E-state index contributed by atoms with van der Waals surface area (Å²) in [5, 5.41) is 2.71. The van der Waals surface area contributed by atoms with Crippen LogP contribution in [0, 0.1) is 5.92 Å². The predicted molar refractivity (Wildman–Crippen MR) is 67.9 cm³/mol. The van der Waals surface area contributed by atoms with E-state index in [4.69, 9.17) is 4.74 Å². The minimum atomic E-state index is -0.467. The van der Waals surface area contributed by atoms with Crippen LogP contribution >= 0.6 is 0 Å². The third kappa shape index (κ3) is 9.85. The number of ether oxygens (including phenoxy) is 1. The maximum atomic E-state index is 11.4. The molecule has 0 aliphatic carbocycles. The topological polar surface area (TPSA) is 55.4 Å². The molecular weight excluding hydrogens is 218 g/mol. The first kappa shape index (κ1) is 15.9. The Balaban J connectivity index is 3.73. The Bertz CT molecular complexity index is 256. The van der Waals surface area contributed by atoms with Crippen LogP contribution in [0.25, 0.3) is 0 Å². The quantitative estimate of drug-likeness (QED) is 0.780. The lowest BCUT2D eigenvalue weighted by atomic mass is 10.0. The molecule has 0 aliphatic rings. The van der Waals surface area contributed by atoms with E-state index in [9.17, 15) is 9.59 Å². The number of hydrogen-bond donors (Lipinski definition) is 1. The molecule has 0 spiro atoms. The minimum Gasteiger partial charge on any atom is -0.444 e. The van der Waals surface area contributed by atoms with Crippen molar-refractivity contribution in [3.05, 3.63) is 0 Å². The molecule has 100 valence electrons. The van der Waals surface area contributed by atoms with Gasteiger partial charge in [-0.25, -0.2) is 4.79 Å². The number of alkyl carbamates (subject to hydrolysis) is 1. The molecule has 1 atom stereocenters. The van der Waals surface area contributed by atoms with E-state index in [2.05, 4.69) is 5.32 Å². The van der Waals surface area contributed by atoms with Gasteiger partial charge in [-0.15, -0.1) is 0 Å². The number of rotatable bonds is 6. The van der Waals surface area contributed by atoms with E-state index in [0.29, 0.717) is 19.4 Å². The second-order valence-electron chi connectivity index (χ2n) is 5.42. The van der Waals surface area contributed by atoms with Crippen molar-refractivity contribution < 1.29 is 14.3 Å². The molecule has 0 fully saturated rings. The molecule has 0 saturated carbocycles. The van der Waals surface area contributed by atoms with E-state index in [1.807, 2.05) is 34.6 Å². The van der Waals surface area contributed by atoms with E-state index in [1.54, 1.807) is 0 Å². The number of carbonyl (C=O) groups is 2. The predicted octanol–water partition coefficient (Wildman–Crippen LogP) is 2.91. The Morgan fingerprint density at radius 1 is 1.29 bits per heavy atom. The fourth-order valence-electron chi connectivity index (χ4n) is 1.26. The van der Waals surface area contributed by atoms with E-state index in [1.165, 1.54) is 0 Å². The Morgan fingerprint density at radius 3 is 2.35 bits per heavy atom. The molecule has 0 aromatic carbocycles. The zero-order valence-corrected chi connectivity index (χ0v) is 11.6. The molecule has 1 N–H and O–H groups in total. The summed E-state index contributed by atoms with van der Waals surface area (Å²) in [7, 11) is 0. The van der Waals surface area contributed by atoms with Crippen molar-refractivity contribution in [2.45, 2.75) is 59.5 Å². The number of hydrogen-bond acceptors (Lipinski definition) is 3. The summed E-state index contributed by atoms with van der Waals surface area (Å²) in [5.41, 5.74) is -0.467. The molecule has 4 heteroatoms. The minimum absolute atomic E-state index is 0.272. The highest BCUT2D eigenvalue weighted by Crippen LogP contribution is 2.08. The van der Waals surface area contributed by atoms with E-state index < -0.39 is 11.7 Å². The van der Waals surface area contributed by atoms with Crippen LogP contribution in [-0.4, -0.2) is 24.0 Å². The normalized spacial score (nSPS) is 13.0. The number of carbonyl (C=O) groups excluding carboxylic acids is 2. The molecule has 17 heavy (non-hydrogen) atoms. The highest BCUT2D eigenvalue weighted by Gasteiger charge is 2.16. The monoisotopic (exact) mass is 243 g/mol. The molecule has 0 heterocycles. The smallest absolute Gasteiger partial charge is 0.407 e. The van der Waals surface area contributed by atoms with Crippen molar-refractivity contribution >= 4 is 11.9 Å². The van der Waals surface area contributed by atoms with Crippen LogP contribution in [0.15, 0.2) is 0 Å². The zero-order valence-electron chi connectivity index (χ0n) is 11.6. The van der Waals surface area contributed by atoms with Crippen molar-refractivity contribution in [2.24, 2.45) is 5.92 Å². The third-order valence-electron chi connectivity index (χ3n) is 2.30. The maximum absolute atomic E-state index is 11.4. The van der Waals surface area contributed by atoms with Crippen molar-refractivity contribution in [1.82, 2.24) is 5.32 Å². The van der Waals surface area contributed by atoms with E-state index in [0.717, 1.165) is 6.42 Å². The molecule has 0 radical (unpaired) electrons. The first-order chi connectivity index (χ1) is 7.74. The Hall–Kier alpha value is -1.06. The van der Waals surface area contributed by atoms with Crippen molar-refractivity contribution in [2.75, 3.05) is 6.54 Å². The van der Waals surface area contributed by atoms with Crippen molar-refractivity contribution in [3.8, 4) is 0 Å². The summed E-state index contributed by atoms with van der Waals surface area (Å²) in [6.07, 6.45) is 1.59. The molecule has 0 bridgehead atoms. The van der Waals surface area contributed by atoms with Crippen LogP contribution in [-0.2, 0) is 9.53 Å². The lowest BCUT2D eigenvalue weighted by Gasteiger charge is -2.20. The molecule has 0 saturated heterocycles. The Labute approximate surface area is 104 Å². The van der Waals surface area contributed by atoms with Gasteiger partial charge in [0.1, 0.15) is 11.4 Å². The van der Waals surface area contributed by atoms with Gasteiger partial charge < -0.3 is 10.1 Å². The summed E-state index contributed by atoms with van der Waals surface area (Å²) in [4.78, 5) is 22.5. The summed E-state index contributed by atoms with van der Waals surface area (Å²) >= 11 is 0. The van der Waals surface area contributed by atoms with Gasteiger partial charge >= 0.3 is 6.09 Å². The number of Topliss-reactive ketones (excluding diaryl/α,β-unsaturated/α-hetero) is 1. The fourth-order valence-corrected chi connectivity index (χ4v) is 1.26. The average Bonchev–Trinajstić information content (AvgIpc) is 2.20. The largest absolute Gasteiger partial charge is 0.444 e. The second kappa shape index (κ2) is 7.30. The maximum Gasteiger partial charge on any atom is 0.407 e.